The van der Waals surface area contributed by atoms with Crippen molar-refractivity contribution in [1.82, 2.24) is 15.0 Å². The molecule has 6 nitrogen and oxygen atoms in total. The summed E-state index contributed by atoms with van der Waals surface area (Å²) in [5.41, 5.74) is 4.88. The van der Waals surface area contributed by atoms with Crippen LogP contribution in [0.2, 0.25) is 0 Å². The van der Waals surface area contributed by atoms with Gasteiger partial charge in [-0.15, -0.1) is 11.3 Å². The largest absolute Gasteiger partial charge is 0.497 e. The van der Waals surface area contributed by atoms with Crippen LogP contribution < -0.4 is 4.74 Å². The first kappa shape index (κ1) is 19.7. The third kappa shape index (κ3) is 3.69. The predicted molar refractivity (Wildman–Crippen MR) is 115 cm³/mol. The Kier molecular flexibility index (Phi) is 4.98. The van der Waals surface area contributed by atoms with E-state index in [9.17, 15) is 5.11 Å². The van der Waals surface area contributed by atoms with Crippen LogP contribution in [0.4, 0.5) is 0 Å². The predicted octanol–water partition coefficient (Wildman–Crippen LogP) is 4.60. The van der Waals surface area contributed by atoms with Crippen LogP contribution in [0.15, 0.2) is 30.5 Å². The second kappa shape index (κ2) is 7.33. The zero-order valence-corrected chi connectivity index (χ0v) is 17.9. The highest BCUT2D eigenvalue weighted by atomic mass is 32.1. The van der Waals surface area contributed by atoms with Crippen molar-refractivity contribution in [2.75, 3.05) is 14.2 Å². The Labute approximate surface area is 173 Å². The van der Waals surface area contributed by atoms with Gasteiger partial charge in [0.15, 0.2) is 0 Å². The molecule has 7 heteroatoms. The van der Waals surface area contributed by atoms with Crippen molar-refractivity contribution < 1.29 is 14.6 Å². The summed E-state index contributed by atoms with van der Waals surface area (Å²) in [4.78, 5) is 14.2. The molecule has 4 rings (SSSR count). The van der Waals surface area contributed by atoms with Crippen LogP contribution in [0.3, 0.4) is 0 Å². The summed E-state index contributed by atoms with van der Waals surface area (Å²) in [6, 6.07) is 7.89. The molecule has 2 aromatic heterocycles. The van der Waals surface area contributed by atoms with Crippen LogP contribution in [0, 0.1) is 6.92 Å². The molecule has 0 spiro atoms. The van der Waals surface area contributed by atoms with Crippen molar-refractivity contribution >= 4 is 32.6 Å². The second-order valence-corrected chi connectivity index (χ2v) is 8.60. The maximum absolute atomic E-state index is 10.7. The molecule has 0 atom stereocenters. The van der Waals surface area contributed by atoms with E-state index < -0.39 is 5.60 Å². The fourth-order valence-corrected chi connectivity index (χ4v) is 4.43. The molecule has 0 aliphatic rings. The summed E-state index contributed by atoms with van der Waals surface area (Å²) in [5, 5.41) is 11.5. The first-order chi connectivity index (χ1) is 13.8. The Hall–Kier alpha value is -2.61. The lowest BCUT2D eigenvalue weighted by molar-refractivity contribution is 0.0798. The molecule has 0 unspecified atom stereocenters. The Balaban J connectivity index is 1.96. The first-order valence-corrected chi connectivity index (χ1v) is 10.1. The van der Waals surface area contributed by atoms with Crippen LogP contribution in [0.25, 0.3) is 31.8 Å². The molecule has 29 heavy (non-hydrogen) atoms. The molecule has 150 valence electrons. The van der Waals surface area contributed by atoms with E-state index in [4.69, 9.17) is 14.5 Å². The van der Waals surface area contributed by atoms with Gasteiger partial charge in [0.2, 0.25) is 0 Å². The normalized spacial score (nSPS) is 12.1. The number of rotatable bonds is 5. The van der Waals surface area contributed by atoms with Crippen LogP contribution in [-0.4, -0.2) is 34.3 Å². The molecule has 2 aromatic carbocycles. The van der Waals surface area contributed by atoms with E-state index >= 15 is 0 Å². The van der Waals surface area contributed by atoms with Gasteiger partial charge in [-0.25, -0.2) is 9.97 Å². The van der Waals surface area contributed by atoms with E-state index in [-0.39, 0.29) is 0 Å². The highest BCUT2D eigenvalue weighted by Gasteiger charge is 2.24. The van der Waals surface area contributed by atoms with Gasteiger partial charge >= 0.3 is 0 Å². The second-order valence-electron chi connectivity index (χ2n) is 7.57. The van der Waals surface area contributed by atoms with Crippen molar-refractivity contribution in [3.63, 3.8) is 0 Å². The van der Waals surface area contributed by atoms with Crippen molar-refractivity contribution in [3.8, 4) is 16.3 Å². The molecule has 0 amide bonds. The zero-order chi connectivity index (χ0) is 20.8. The smallest absolute Gasteiger partial charge is 0.126 e. The van der Waals surface area contributed by atoms with Crippen LogP contribution in [0.1, 0.15) is 30.7 Å². The third-order valence-corrected chi connectivity index (χ3v) is 5.76. The average molecular weight is 410 g/mol. The minimum absolute atomic E-state index is 0.419. The van der Waals surface area contributed by atoms with Gasteiger partial charge in [-0.1, -0.05) is 0 Å². The number of aromatic nitrogens is 3. The number of methoxy groups -OCH3 is 2. The molecule has 0 aliphatic heterocycles. The summed E-state index contributed by atoms with van der Waals surface area (Å²) in [7, 11) is 3.27. The minimum Gasteiger partial charge on any atom is -0.497 e. The number of hydrogen-bond donors (Lipinski definition) is 1. The Morgan fingerprint density at radius 3 is 2.55 bits per heavy atom. The summed E-state index contributed by atoms with van der Waals surface area (Å²) < 4.78 is 11.6. The summed E-state index contributed by atoms with van der Waals surface area (Å²) >= 11 is 1.55. The molecule has 0 saturated carbocycles. The third-order valence-electron chi connectivity index (χ3n) is 4.73. The van der Waals surface area contributed by atoms with Gasteiger partial charge in [0, 0.05) is 18.2 Å². The first-order valence-electron chi connectivity index (χ1n) is 9.27. The minimum atomic E-state index is -1.04. The molecule has 2 heterocycles. The average Bonchev–Trinajstić information content (AvgIpc) is 3.09. The molecular formula is C22H23N3O3S. The Bertz CT molecular complexity index is 1210. The molecule has 4 aromatic rings. The lowest BCUT2D eigenvalue weighted by Crippen LogP contribution is -2.16. The van der Waals surface area contributed by atoms with Crippen molar-refractivity contribution in [2.24, 2.45) is 0 Å². The van der Waals surface area contributed by atoms with Gasteiger partial charge in [-0.2, -0.15) is 0 Å². The maximum Gasteiger partial charge on any atom is 0.126 e. The van der Waals surface area contributed by atoms with E-state index in [0.29, 0.717) is 12.4 Å². The Morgan fingerprint density at radius 1 is 1.07 bits per heavy atom. The quantitative estimate of drug-likeness (QED) is 0.519. The van der Waals surface area contributed by atoms with E-state index in [2.05, 4.69) is 16.0 Å². The van der Waals surface area contributed by atoms with Gasteiger partial charge in [0.25, 0.3) is 0 Å². The molecular weight excluding hydrogens is 386 g/mol. The van der Waals surface area contributed by atoms with E-state index in [0.717, 1.165) is 48.6 Å². The highest BCUT2D eigenvalue weighted by molar-refractivity contribution is 7.21. The number of nitrogens with zero attached hydrogens (tertiary/aromatic N) is 3. The summed E-state index contributed by atoms with van der Waals surface area (Å²) in [6.07, 6.45) is 1.74. The Morgan fingerprint density at radius 2 is 1.86 bits per heavy atom. The van der Waals surface area contributed by atoms with E-state index in [1.807, 2.05) is 25.1 Å². The summed E-state index contributed by atoms with van der Waals surface area (Å²) in [6.45, 7) is 5.96. The van der Waals surface area contributed by atoms with Gasteiger partial charge in [-0.05, 0) is 50.6 Å². The molecule has 0 radical (unpaired) electrons. The number of aryl methyl sites for hydroxylation is 1. The van der Waals surface area contributed by atoms with E-state index in [1.165, 1.54) is 0 Å². The fourth-order valence-electron chi connectivity index (χ4n) is 3.39. The van der Waals surface area contributed by atoms with Crippen molar-refractivity contribution in [1.29, 1.82) is 0 Å². The lowest BCUT2D eigenvalue weighted by Gasteiger charge is -2.19. The number of benzene rings is 2. The highest BCUT2D eigenvalue weighted by Crippen LogP contribution is 2.39. The molecule has 0 fully saturated rings. The number of ether oxygens (including phenoxy) is 2. The number of aliphatic hydroxyl groups is 1. The standard InChI is InChI=1S/C22H23N3O3S/c1-12-6-15(19-17(7-12)24-13(10-23-19)11-27-4)21-25-20-16(22(2,3)26)8-14(28-5)9-18(20)29-21/h6-10,26H,11H2,1-5H3. The zero-order valence-electron chi connectivity index (χ0n) is 17.1. The number of thiazole rings is 1. The van der Waals surface area contributed by atoms with Gasteiger partial charge in [0.1, 0.15) is 10.8 Å². The molecule has 0 saturated heterocycles. The topological polar surface area (TPSA) is 77.4 Å². The SMILES string of the molecule is COCc1cnc2c(-c3nc4c(C(C)(C)O)cc(OC)cc4s3)cc(C)cc2n1. The van der Waals surface area contributed by atoms with Crippen molar-refractivity contribution in [3.05, 3.63) is 47.3 Å². The monoisotopic (exact) mass is 409 g/mol. The van der Waals surface area contributed by atoms with Crippen LogP contribution in [-0.2, 0) is 16.9 Å². The fraction of sp³-hybridized carbons (Fsp3) is 0.318. The molecule has 0 aliphatic carbocycles. The lowest BCUT2D eigenvalue weighted by atomic mass is 9.97. The maximum atomic E-state index is 10.7. The molecule has 1 N–H and O–H groups in total. The number of hydrogen-bond acceptors (Lipinski definition) is 7. The number of fused-ring (bicyclic) bond motifs is 2. The summed E-state index contributed by atoms with van der Waals surface area (Å²) in [5.74, 6) is 0.697. The van der Waals surface area contributed by atoms with Gasteiger partial charge in [0.05, 0.1) is 52.5 Å². The van der Waals surface area contributed by atoms with Gasteiger partial charge in [-0.3, -0.25) is 4.98 Å². The van der Waals surface area contributed by atoms with Gasteiger partial charge < -0.3 is 14.6 Å². The van der Waals surface area contributed by atoms with Crippen molar-refractivity contribution in [2.45, 2.75) is 33.0 Å². The van der Waals surface area contributed by atoms with Crippen LogP contribution in [0.5, 0.6) is 5.75 Å². The van der Waals surface area contributed by atoms with Crippen LogP contribution >= 0.6 is 11.3 Å². The van der Waals surface area contributed by atoms with E-state index in [1.54, 1.807) is 45.6 Å². The molecule has 0 bridgehead atoms.